The van der Waals surface area contributed by atoms with Crippen molar-refractivity contribution in [2.24, 2.45) is 0 Å². The van der Waals surface area contributed by atoms with Crippen LogP contribution in [-0.2, 0) is 21.2 Å². The molecule has 1 aromatic rings. The van der Waals surface area contributed by atoms with Gasteiger partial charge in [0.1, 0.15) is 0 Å². The van der Waals surface area contributed by atoms with Crippen LogP contribution in [-0.4, -0.2) is 50.4 Å². The molecule has 2 rings (SSSR count). The number of nitrogens with one attached hydrogen (secondary N) is 1. The van der Waals surface area contributed by atoms with Gasteiger partial charge in [-0.2, -0.15) is 0 Å². The van der Waals surface area contributed by atoms with E-state index >= 15 is 0 Å². The fraction of sp³-hybridized carbons (Fsp3) is 0.462. The fourth-order valence-electron chi connectivity index (χ4n) is 2.01. The Labute approximate surface area is 127 Å². The number of rotatable bonds is 4. The molecule has 1 saturated heterocycles. The largest absolute Gasteiger partial charge is 0.351 e. The van der Waals surface area contributed by atoms with Crippen LogP contribution < -0.4 is 5.32 Å². The van der Waals surface area contributed by atoms with E-state index in [2.05, 4.69) is 21.2 Å². The molecule has 5 nitrogen and oxygen atoms in total. The molecule has 0 saturated carbocycles. The second-order valence-electron chi connectivity index (χ2n) is 4.83. The molecule has 1 amide bonds. The van der Waals surface area contributed by atoms with Crippen molar-refractivity contribution in [3.8, 4) is 0 Å². The van der Waals surface area contributed by atoms with E-state index in [0.717, 1.165) is 10.0 Å². The minimum Gasteiger partial charge on any atom is -0.351 e. The molecule has 7 heteroatoms. The molecule has 1 aliphatic rings. The first-order chi connectivity index (χ1) is 9.44. The van der Waals surface area contributed by atoms with E-state index in [0.29, 0.717) is 19.6 Å². The zero-order valence-corrected chi connectivity index (χ0v) is 13.4. The number of halogens is 1. The average Bonchev–Trinajstić information content (AvgIpc) is 2.39. The van der Waals surface area contributed by atoms with Gasteiger partial charge >= 0.3 is 0 Å². The number of amides is 1. The Kier molecular flexibility index (Phi) is 5.17. The summed E-state index contributed by atoms with van der Waals surface area (Å²) in [5, 5.41) is 2.84. The van der Waals surface area contributed by atoms with Gasteiger partial charge in [-0.3, -0.25) is 9.69 Å². The zero-order chi connectivity index (χ0) is 14.6. The molecule has 0 atom stereocenters. The molecule has 0 bridgehead atoms. The molecule has 0 aliphatic carbocycles. The van der Waals surface area contributed by atoms with E-state index in [1.54, 1.807) is 0 Å². The van der Waals surface area contributed by atoms with Gasteiger partial charge in [0.2, 0.25) is 5.91 Å². The summed E-state index contributed by atoms with van der Waals surface area (Å²) in [6.45, 7) is 1.60. The van der Waals surface area contributed by atoms with Crippen molar-refractivity contribution < 1.29 is 13.2 Å². The van der Waals surface area contributed by atoms with E-state index in [1.165, 1.54) is 0 Å². The van der Waals surface area contributed by atoms with E-state index < -0.39 is 9.84 Å². The quantitative estimate of drug-likeness (QED) is 0.862. The lowest BCUT2D eigenvalue weighted by atomic mass is 10.2. The first-order valence-corrected chi connectivity index (χ1v) is 9.00. The lowest BCUT2D eigenvalue weighted by molar-refractivity contribution is -0.122. The van der Waals surface area contributed by atoms with Crippen LogP contribution in [0.1, 0.15) is 5.56 Å². The Morgan fingerprint density at radius 3 is 2.65 bits per heavy atom. The van der Waals surface area contributed by atoms with Crippen molar-refractivity contribution in [1.82, 2.24) is 10.2 Å². The standard InChI is InChI=1S/C13H17BrN2O3S/c14-12-3-1-2-11(8-12)9-15-13(17)10-16-4-6-20(18,19)7-5-16/h1-3,8H,4-7,9-10H2,(H,15,17). The monoisotopic (exact) mass is 360 g/mol. The lowest BCUT2D eigenvalue weighted by Crippen LogP contribution is -2.45. The summed E-state index contributed by atoms with van der Waals surface area (Å²) in [6, 6.07) is 7.74. The van der Waals surface area contributed by atoms with Gasteiger partial charge in [0.15, 0.2) is 9.84 Å². The van der Waals surface area contributed by atoms with Crippen molar-refractivity contribution in [3.63, 3.8) is 0 Å². The van der Waals surface area contributed by atoms with Gasteiger partial charge in [0, 0.05) is 24.1 Å². The van der Waals surface area contributed by atoms with Gasteiger partial charge in [-0.15, -0.1) is 0 Å². The van der Waals surface area contributed by atoms with E-state index in [4.69, 9.17) is 0 Å². The Hall–Kier alpha value is -0.920. The predicted molar refractivity (Wildman–Crippen MR) is 81.1 cm³/mol. The molecular weight excluding hydrogens is 344 g/mol. The van der Waals surface area contributed by atoms with E-state index in [-0.39, 0.29) is 24.0 Å². The van der Waals surface area contributed by atoms with Gasteiger partial charge in [-0.25, -0.2) is 8.42 Å². The first kappa shape index (κ1) is 15.5. The van der Waals surface area contributed by atoms with Crippen molar-refractivity contribution in [2.75, 3.05) is 31.1 Å². The second-order valence-corrected chi connectivity index (χ2v) is 8.05. The summed E-state index contributed by atoms with van der Waals surface area (Å²) in [7, 11) is -2.89. The number of carbonyl (C=O) groups excluding carboxylic acids is 1. The van der Waals surface area contributed by atoms with Crippen LogP contribution in [0.25, 0.3) is 0 Å². The maximum atomic E-state index is 11.8. The van der Waals surface area contributed by atoms with Gasteiger partial charge in [0.05, 0.1) is 18.1 Å². The summed E-state index contributed by atoms with van der Waals surface area (Å²) in [5.41, 5.74) is 1.02. The highest BCUT2D eigenvalue weighted by atomic mass is 79.9. The van der Waals surface area contributed by atoms with Gasteiger partial charge < -0.3 is 5.32 Å². The Bertz CT molecular complexity index is 575. The highest BCUT2D eigenvalue weighted by Crippen LogP contribution is 2.11. The molecule has 1 N–H and O–H groups in total. The fourth-order valence-corrected chi connectivity index (χ4v) is 3.74. The predicted octanol–water partition coefficient (Wildman–Crippen LogP) is 0.796. The smallest absolute Gasteiger partial charge is 0.234 e. The van der Waals surface area contributed by atoms with Crippen LogP contribution in [0.5, 0.6) is 0 Å². The van der Waals surface area contributed by atoms with Gasteiger partial charge in [-0.05, 0) is 17.7 Å². The number of hydrogen-bond acceptors (Lipinski definition) is 4. The molecule has 0 aromatic heterocycles. The first-order valence-electron chi connectivity index (χ1n) is 6.38. The molecular formula is C13H17BrN2O3S. The van der Waals surface area contributed by atoms with Crippen LogP contribution in [0.3, 0.4) is 0 Å². The zero-order valence-electron chi connectivity index (χ0n) is 11.0. The Balaban J connectivity index is 1.76. The van der Waals surface area contributed by atoms with Crippen LogP contribution >= 0.6 is 15.9 Å². The van der Waals surface area contributed by atoms with Crippen molar-refractivity contribution in [2.45, 2.75) is 6.54 Å². The third kappa shape index (κ3) is 4.88. The SMILES string of the molecule is O=C(CN1CCS(=O)(=O)CC1)NCc1cccc(Br)c1. The number of benzene rings is 1. The lowest BCUT2D eigenvalue weighted by Gasteiger charge is -2.25. The minimum atomic E-state index is -2.89. The summed E-state index contributed by atoms with van der Waals surface area (Å²) >= 11 is 3.38. The summed E-state index contributed by atoms with van der Waals surface area (Å²) in [6.07, 6.45) is 0. The number of hydrogen-bond donors (Lipinski definition) is 1. The molecule has 0 unspecified atom stereocenters. The normalized spacial score (nSPS) is 18.6. The molecule has 110 valence electrons. The molecule has 20 heavy (non-hydrogen) atoms. The van der Waals surface area contributed by atoms with Crippen molar-refractivity contribution in [1.29, 1.82) is 0 Å². The number of nitrogens with zero attached hydrogens (tertiary/aromatic N) is 1. The molecule has 1 fully saturated rings. The Morgan fingerprint density at radius 2 is 2.00 bits per heavy atom. The summed E-state index contributed by atoms with van der Waals surface area (Å²) in [5.74, 6) is 0.210. The average molecular weight is 361 g/mol. The van der Waals surface area contributed by atoms with E-state index in [1.807, 2.05) is 29.2 Å². The van der Waals surface area contributed by atoms with E-state index in [9.17, 15) is 13.2 Å². The number of sulfone groups is 1. The highest BCUT2D eigenvalue weighted by molar-refractivity contribution is 9.10. The van der Waals surface area contributed by atoms with Crippen LogP contribution in [0.2, 0.25) is 0 Å². The second kappa shape index (κ2) is 6.69. The third-order valence-corrected chi connectivity index (χ3v) is 5.29. The number of carbonyl (C=O) groups is 1. The maximum Gasteiger partial charge on any atom is 0.234 e. The topological polar surface area (TPSA) is 66.5 Å². The molecule has 0 spiro atoms. The molecule has 1 heterocycles. The highest BCUT2D eigenvalue weighted by Gasteiger charge is 2.22. The molecule has 1 aliphatic heterocycles. The third-order valence-electron chi connectivity index (χ3n) is 3.18. The summed E-state index contributed by atoms with van der Waals surface area (Å²) in [4.78, 5) is 13.7. The van der Waals surface area contributed by atoms with Crippen molar-refractivity contribution >= 4 is 31.7 Å². The maximum absolute atomic E-state index is 11.8. The van der Waals surface area contributed by atoms with Crippen LogP contribution in [0, 0.1) is 0 Å². The Morgan fingerprint density at radius 1 is 1.30 bits per heavy atom. The molecule has 1 aromatic carbocycles. The summed E-state index contributed by atoms with van der Waals surface area (Å²) < 4.78 is 23.6. The molecule has 0 radical (unpaired) electrons. The van der Waals surface area contributed by atoms with Crippen LogP contribution in [0.4, 0.5) is 0 Å². The van der Waals surface area contributed by atoms with Crippen LogP contribution in [0.15, 0.2) is 28.7 Å². The van der Waals surface area contributed by atoms with Gasteiger partial charge in [-0.1, -0.05) is 28.1 Å². The minimum absolute atomic E-state index is 0.0794. The van der Waals surface area contributed by atoms with Crippen molar-refractivity contribution in [3.05, 3.63) is 34.3 Å². The van der Waals surface area contributed by atoms with Gasteiger partial charge in [0.25, 0.3) is 0 Å².